The van der Waals surface area contributed by atoms with Crippen molar-refractivity contribution in [2.45, 2.75) is 38.6 Å². The van der Waals surface area contributed by atoms with Crippen LogP contribution in [-0.2, 0) is 7.05 Å². The Morgan fingerprint density at radius 3 is 2.88 bits per heavy atom. The summed E-state index contributed by atoms with van der Waals surface area (Å²) in [6.45, 7) is 3.23. The predicted octanol–water partition coefficient (Wildman–Crippen LogP) is 2.51. The number of hydrogen-bond acceptors (Lipinski definition) is 2. The fourth-order valence-corrected chi connectivity index (χ4v) is 4.03. The SMILES string of the molecule is CCNC(c1nccn1C)C1CC2CCC1C2. The summed E-state index contributed by atoms with van der Waals surface area (Å²) in [7, 11) is 2.11. The van der Waals surface area contributed by atoms with E-state index in [1.807, 2.05) is 6.20 Å². The van der Waals surface area contributed by atoms with E-state index < -0.39 is 0 Å². The maximum atomic E-state index is 4.56. The summed E-state index contributed by atoms with van der Waals surface area (Å²) in [4.78, 5) is 4.56. The highest BCUT2D eigenvalue weighted by Crippen LogP contribution is 2.52. The molecular formula is C14H23N3. The van der Waals surface area contributed by atoms with E-state index in [4.69, 9.17) is 0 Å². The molecule has 4 unspecified atom stereocenters. The van der Waals surface area contributed by atoms with Crippen molar-refractivity contribution in [3.05, 3.63) is 18.2 Å². The first-order valence-corrected chi connectivity index (χ1v) is 7.00. The van der Waals surface area contributed by atoms with Crippen LogP contribution in [0.25, 0.3) is 0 Å². The van der Waals surface area contributed by atoms with Crippen molar-refractivity contribution in [1.82, 2.24) is 14.9 Å². The van der Waals surface area contributed by atoms with Crippen LogP contribution in [-0.4, -0.2) is 16.1 Å². The molecule has 0 aliphatic heterocycles. The number of rotatable bonds is 4. The van der Waals surface area contributed by atoms with Gasteiger partial charge in [0.05, 0.1) is 6.04 Å². The molecule has 4 atom stereocenters. The van der Waals surface area contributed by atoms with Crippen molar-refractivity contribution >= 4 is 0 Å². The number of aryl methyl sites for hydroxylation is 1. The number of imidazole rings is 1. The number of fused-ring (bicyclic) bond motifs is 2. The fraction of sp³-hybridized carbons (Fsp3) is 0.786. The third kappa shape index (κ3) is 1.90. The van der Waals surface area contributed by atoms with Crippen LogP contribution in [0, 0.1) is 17.8 Å². The molecule has 17 heavy (non-hydrogen) atoms. The Morgan fingerprint density at radius 1 is 1.47 bits per heavy atom. The Hall–Kier alpha value is -0.830. The molecule has 0 saturated heterocycles. The van der Waals surface area contributed by atoms with E-state index in [1.165, 1.54) is 31.5 Å². The molecule has 1 N–H and O–H groups in total. The van der Waals surface area contributed by atoms with E-state index in [1.54, 1.807) is 0 Å². The van der Waals surface area contributed by atoms with E-state index >= 15 is 0 Å². The monoisotopic (exact) mass is 233 g/mol. The summed E-state index contributed by atoms with van der Waals surface area (Å²) in [6.07, 6.45) is 9.79. The summed E-state index contributed by atoms with van der Waals surface area (Å²) in [6, 6.07) is 0.468. The molecule has 2 aliphatic carbocycles. The highest BCUT2D eigenvalue weighted by molar-refractivity contribution is 5.06. The smallest absolute Gasteiger partial charge is 0.125 e. The van der Waals surface area contributed by atoms with E-state index in [0.717, 1.165) is 24.3 Å². The number of hydrogen-bond donors (Lipinski definition) is 1. The van der Waals surface area contributed by atoms with Crippen LogP contribution < -0.4 is 5.32 Å². The van der Waals surface area contributed by atoms with Crippen molar-refractivity contribution in [1.29, 1.82) is 0 Å². The van der Waals surface area contributed by atoms with Crippen molar-refractivity contribution in [3.8, 4) is 0 Å². The van der Waals surface area contributed by atoms with Crippen molar-refractivity contribution in [2.75, 3.05) is 6.54 Å². The molecule has 2 bridgehead atoms. The number of aromatic nitrogens is 2. The van der Waals surface area contributed by atoms with Crippen molar-refractivity contribution in [2.24, 2.45) is 24.8 Å². The molecule has 3 nitrogen and oxygen atoms in total. The summed E-state index contributed by atoms with van der Waals surface area (Å²) < 4.78 is 2.18. The lowest BCUT2D eigenvalue weighted by atomic mass is 9.83. The van der Waals surface area contributed by atoms with E-state index in [0.29, 0.717) is 6.04 Å². The number of nitrogens with zero attached hydrogens (tertiary/aromatic N) is 2. The first kappa shape index (κ1) is 11.3. The van der Waals surface area contributed by atoms with Crippen molar-refractivity contribution < 1.29 is 0 Å². The zero-order valence-corrected chi connectivity index (χ0v) is 10.9. The molecule has 94 valence electrons. The van der Waals surface area contributed by atoms with E-state index in [9.17, 15) is 0 Å². The maximum Gasteiger partial charge on any atom is 0.125 e. The van der Waals surface area contributed by atoms with Gasteiger partial charge in [-0.25, -0.2) is 4.98 Å². The van der Waals surface area contributed by atoms with Gasteiger partial charge in [-0.2, -0.15) is 0 Å². The molecule has 0 aromatic carbocycles. The first-order valence-electron chi connectivity index (χ1n) is 7.00. The van der Waals surface area contributed by atoms with Gasteiger partial charge in [0.25, 0.3) is 0 Å². The normalized spacial score (nSPS) is 33.2. The summed E-state index contributed by atoms with van der Waals surface area (Å²) >= 11 is 0. The molecule has 2 fully saturated rings. The molecule has 1 aromatic rings. The van der Waals surface area contributed by atoms with Gasteiger partial charge < -0.3 is 9.88 Å². The zero-order chi connectivity index (χ0) is 11.8. The molecule has 0 radical (unpaired) electrons. The highest BCUT2D eigenvalue weighted by Gasteiger charge is 2.44. The summed E-state index contributed by atoms with van der Waals surface area (Å²) in [5.74, 6) is 3.99. The van der Waals surface area contributed by atoms with Gasteiger partial charge in [0.2, 0.25) is 0 Å². The molecule has 2 aliphatic rings. The topological polar surface area (TPSA) is 29.9 Å². The average Bonchev–Trinajstić information content (AvgIpc) is 3.01. The number of nitrogens with one attached hydrogen (secondary N) is 1. The van der Waals surface area contributed by atoms with Gasteiger partial charge in [0, 0.05) is 19.4 Å². The average molecular weight is 233 g/mol. The van der Waals surface area contributed by atoms with Crippen LogP contribution in [0.3, 0.4) is 0 Å². The van der Waals surface area contributed by atoms with Gasteiger partial charge in [-0.05, 0) is 43.6 Å². The molecule has 1 aromatic heterocycles. The Bertz CT molecular complexity index is 385. The molecular weight excluding hydrogens is 210 g/mol. The van der Waals surface area contributed by atoms with E-state index in [-0.39, 0.29) is 0 Å². The lowest BCUT2D eigenvalue weighted by Crippen LogP contribution is -2.33. The Labute approximate surface area is 104 Å². The second-order valence-electron chi connectivity index (χ2n) is 5.77. The first-order chi connectivity index (χ1) is 8.29. The minimum Gasteiger partial charge on any atom is -0.337 e. The Kier molecular flexibility index (Phi) is 2.95. The van der Waals surface area contributed by atoms with Crippen LogP contribution in [0.15, 0.2) is 12.4 Å². The van der Waals surface area contributed by atoms with Crippen LogP contribution in [0.2, 0.25) is 0 Å². The fourth-order valence-electron chi connectivity index (χ4n) is 4.03. The molecule has 0 amide bonds. The third-order valence-electron chi connectivity index (χ3n) is 4.78. The van der Waals surface area contributed by atoms with Gasteiger partial charge in [0.15, 0.2) is 0 Å². The van der Waals surface area contributed by atoms with Crippen molar-refractivity contribution in [3.63, 3.8) is 0 Å². The highest BCUT2D eigenvalue weighted by atomic mass is 15.1. The van der Waals surface area contributed by atoms with Gasteiger partial charge >= 0.3 is 0 Å². The summed E-state index contributed by atoms with van der Waals surface area (Å²) in [5, 5.41) is 3.67. The van der Waals surface area contributed by atoms with Gasteiger partial charge in [-0.3, -0.25) is 0 Å². The Balaban J connectivity index is 1.83. The molecule has 0 spiro atoms. The zero-order valence-electron chi connectivity index (χ0n) is 10.9. The van der Waals surface area contributed by atoms with Gasteiger partial charge in [0.1, 0.15) is 5.82 Å². The largest absolute Gasteiger partial charge is 0.337 e. The van der Waals surface area contributed by atoms with Crippen LogP contribution in [0.5, 0.6) is 0 Å². The summed E-state index contributed by atoms with van der Waals surface area (Å²) in [5.41, 5.74) is 0. The molecule has 1 heterocycles. The van der Waals surface area contributed by atoms with E-state index in [2.05, 4.69) is 35.0 Å². The lowest BCUT2D eigenvalue weighted by molar-refractivity contribution is 0.242. The van der Waals surface area contributed by atoms with Gasteiger partial charge in [-0.15, -0.1) is 0 Å². The second-order valence-corrected chi connectivity index (χ2v) is 5.77. The van der Waals surface area contributed by atoms with Crippen LogP contribution in [0.1, 0.15) is 44.5 Å². The molecule has 3 heteroatoms. The minimum absolute atomic E-state index is 0.468. The molecule has 2 saturated carbocycles. The maximum absolute atomic E-state index is 4.56. The standard InChI is InChI=1S/C14H23N3/c1-3-15-13(14-16-6-7-17(14)2)12-9-10-4-5-11(12)8-10/h6-7,10-13,15H,3-5,8-9H2,1-2H3. The Morgan fingerprint density at radius 2 is 2.35 bits per heavy atom. The lowest BCUT2D eigenvalue weighted by Gasteiger charge is -2.30. The predicted molar refractivity (Wildman–Crippen MR) is 68.6 cm³/mol. The van der Waals surface area contributed by atoms with Crippen LogP contribution in [0.4, 0.5) is 0 Å². The quantitative estimate of drug-likeness (QED) is 0.866. The second kappa shape index (κ2) is 4.45. The van der Waals surface area contributed by atoms with Gasteiger partial charge in [-0.1, -0.05) is 13.3 Å². The third-order valence-corrected chi connectivity index (χ3v) is 4.78. The minimum atomic E-state index is 0.468. The van der Waals surface area contributed by atoms with Crippen LogP contribution >= 0.6 is 0 Å². The molecule has 3 rings (SSSR count).